The van der Waals surface area contributed by atoms with E-state index in [1.165, 1.54) is 6.07 Å². The van der Waals surface area contributed by atoms with E-state index in [-0.39, 0.29) is 11.7 Å². The van der Waals surface area contributed by atoms with E-state index in [1.54, 1.807) is 12.1 Å². The fraction of sp³-hybridized carbons (Fsp3) is 0.417. The molecule has 1 unspecified atom stereocenters. The summed E-state index contributed by atoms with van der Waals surface area (Å²) >= 11 is 0. The predicted molar refractivity (Wildman–Crippen MR) is 63.5 cm³/mol. The van der Waals surface area contributed by atoms with Crippen molar-refractivity contribution < 1.29 is 4.39 Å². The van der Waals surface area contributed by atoms with Gasteiger partial charge in [0.1, 0.15) is 11.7 Å². The molecule has 1 fully saturated rings. The van der Waals surface area contributed by atoms with Crippen LogP contribution in [-0.2, 0) is 0 Å². The van der Waals surface area contributed by atoms with Crippen LogP contribution in [0.3, 0.4) is 0 Å². The minimum Gasteiger partial charge on any atom is -0.384 e. The average molecular weight is 221 g/mol. The number of halogens is 1. The number of hydrogen-bond acceptors (Lipinski definition) is 2. The van der Waals surface area contributed by atoms with Gasteiger partial charge in [0.15, 0.2) is 0 Å². The van der Waals surface area contributed by atoms with Crippen molar-refractivity contribution in [3.8, 4) is 0 Å². The molecule has 0 amide bonds. The summed E-state index contributed by atoms with van der Waals surface area (Å²) < 4.78 is 13.8. The van der Waals surface area contributed by atoms with Gasteiger partial charge >= 0.3 is 0 Å². The molecule has 0 radical (unpaired) electrons. The predicted octanol–water partition coefficient (Wildman–Crippen LogP) is 2.10. The van der Waals surface area contributed by atoms with Crippen molar-refractivity contribution in [1.29, 1.82) is 5.41 Å². The van der Waals surface area contributed by atoms with Crippen molar-refractivity contribution in [2.75, 3.05) is 11.4 Å². The van der Waals surface area contributed by atoms with Crippen LogP contribution in [0.15, 0.2) is 18.2 Å². The molecule has 1 heterocycles. The molecule has 4 heteroatoms. The second-order valence-corrected chi connectivity index (χ2v) is 4.26. The van der Waals surface area contributed by atoms with Crippen molar-refractivity contribution >= 4 is 11.5 Å². The summed E-state index contributed by atoms with van der Waals surface area (Å²) in [6.45, 7) is 3.00. The molecule has 0 aromatic heterocycles. The average Bonchev–Trinajstić information content (AvgIpc) is 2.64. The first-order valence-electron chi connectivity index (χ1n) is 5.50. The van der Waals surface area contributed by atoms with Crippen molar-refractivity contribution in [2.45, 2.75) is 25.8 Å². The van der Waals surface area contributed by atoms with Gasteiger partial charge in [0.2, 0.25) is 0 Å². The highest BCUT2D eigenvalue weighted by Crippen LogP contribution is 2.28. The Hall–Kier alpha value is -1.58. The SMILES string of the molecule is CC1CCCN1c1ccc(C(=N)N)cc1F. The number of rotatable bonds is 2. The van der Waals surface area contributed by atoms with E-state index in [9.17, 15) is 4.39 Å². The van der Waals surface area contributed by atoms with E-state index in [0.717, 1.165) is 19.4 Å². The molecule has 0 aliphatic carbocycles. The van der Waals surface area contributed by atoms with Gasteiger partial charge in [-0.25, -0.2) is 4.39 Å². The topological polar surface area (TPSA) is 53.1 Å². The Morgan fingerprint density at radius 1 is 1.56 bits per heavy atom. The second kappa shape index (κ2) is 4.12. The number of anilines is 1. The molecule has 1 aliphatic rings. The molecule has 1 aromatic carbocycles. The van der Waals surface area contributed by atoms with Crippen LogP contribution >= 0.6 is 0 Å². The van der Waals surface area contributed by atoms with Gasteiger partial charge in [0, 0.05) is 18.2 Å². The van der Waals surface area contributed by atoms with Crippen LogP contribution in [0.5, 0.6) is 0 Å². The fourth-order valence-corrected chi connectivity index (χ4v) is 2.20. The van der Waals surface area contributed by atoms with Crippen molar-refractivity contribution in [2.24, 2.45) is 5.73 Å². The number of nitrogens with one attached hydrogen (secondary N) is 1. The molecule has 3 N–H and O–H groups in total. The lowest BCUT2D eigenvalue weighted by atomic mass is 10.1. The first kappa shape index (κ1) is 10.9. The molecular formula is C12H16FN3. The number of benzene rings is 1. The van der Waals surface area contributed by atoms with Crippen LogP contribution in [0.2, 0.25) is 0 Å². The van der Waals surface area contributed by atoms with Crippen molar-refractivity contribution in [3.63, 3.8) is 0 Å². The first-order chi connectivity index (χ1) is 7.59. The third kappa shape index (κ3) is 1.87. The van der Waals surface area contributed by atoms with E-state index >= 15 is 0 Å². The lowest BCUT2D eigenvalue weighted by Crippen LogP contribution is -2.27. The summed E-state index contributed by atoms with van der Waals surface area (Å²) in [7, 11) is 0. The molecule has 1 aliphatic heterocycles. The van der Waals surface area contributed by atoms with Crippen LogP contribution in [0.4, 0.5) is 10.1 Å². The van der Waals surface area contributed by atoms with Crippen molar-refractivity contribution in [1.82, 2.24) is 0 Å². The zero-order valence-corrected chi connectivity index (χ0v) is 9.33. The van der Waals surface area contributed by atoms with E-state index in [4.69, 9.17) is 11.1 Å². The maximum atomic E-state index is 13.8. The molecular weight excluding hydrogens is 205 g/mol. The molecule has 86 valence electrons. The Kier molecular flexibility index (Phi) is 2.81. The largest absolute Gasteiger partial charge is 0.384 e. The Bertz CT molecular complexity index is 417. The van der Waals surface area contributed by atoms with Crippen LogP contribution in [0.25, 0.3) is 0 Å². The van der Waals surface area contributed by atoms with Crippen LogP contribution < -0.4 is 10.6 Å². The van der Waals surface area contributed by atoms with E-state index in [1.807, 2.05) is 0 Å². The smallest absolute Gasteiger partial charge is 0.147 e. The van der Waals surface area contributed by atoms with Gasteiger partial charge in [-0.15, -0.1) is 0 Å². The zero-order valence-electron chi connectivity index (χ0n) is 9.33. The summed E-state index contributed by atoms with van der Waals surface area (Å²) in [6, 6.07) is 5.14. The van der Waals surface area contributed by atoms with E-state index in [2.05, 4.69) is 11.8 Å². The van der Waals surface area contributed by atoms with Gasteiger partial charge in [0.05, 0.1) is 5.69 Å². The van der Waals surface area contributed by atoms with Gasteiger partial charge in [-0.3, -0.25) is 5.41 Å². The second-order valence-electron chi connectivity index (χ2n) is 4.26. The van der Waals surface area contributed by atoms with Gasteiger partial charge < -0.3 is 10.6 Å². The number of nitrogen functional groups attached to an aromatic ring is 1. The molecule has 2 rings (SSSR count). The van der Waals surface area contributed by atoms with Gasteiger partial charge in [-0.2, -0.15) is 0 Å². The summed E-state index contributed by atoms with van der Waals surface area (Å²) in [4.78, 5) is 2.07. The van der Waals surface area contributed by atoms with Gasteiger partial charge in [-0.1, -0.05) is 0 Å². The summed E-state index contributed by atoms with van der Waals surface area (Å²) in [5.41, 5.74) is 6.37. The van der Waals surface area contributed by atoms with Gasteiger partial charge in [0.25, 0.3) is 0 Å². The molecule has 16 heavy (non-hydrogen) atoms. The number of hydrogen-bond donors (Lipinski definition) is 2. The third-order valence-corrected chi connectivity index (χ3v) is 3.12. The normalized spacial score (nSPS) is 20.1. The summed E-state index contributed by atoms with van der Waals surface area (Å²) in [6.07, 6.45) is 2.21. The Morgan fingerprint density at radius 3 is 2.81 bits per heavy atom. The van der Waals surface area contributed by atoms with E-state index in [0.29, 0.717) is 17.3 Å². The van der Waals surface area contributed by atoms with Crippen LogP contribution in [0, 0.1) is 11.2 Å². The number of nitrogens with two attached hydrogens (primary N) is 1. The van der Waals surface area contributed by atoms with Crippen LogP contribution in [0.1, 0.15) is 25.3 Å². The molecule has 3 nitrogen and oxygen atoms in total. The third-order valence-electron chi connectivity index (χ3n) is 3.12. The zero-order chi connectivity index (χ0) is 11.7. The Labute approximate surface area is 94.6 Å². The molecule has 0 saturated carbocycles. The minimum atomic E-state index is -0.290. The maximum Gasteiger partial charge on any atom is 0.147 e. The molecule has 1 saturated heterocycles. The highest BCUT2D eigenvalue weighted by molar-refractivity contribution is 5.95. The number of nitrogens with zero attached hydrogens (tertiary/aromatic N) is 1. The van der Waals surface area contributed by atoms with E-state index < -0.39 is 0 Å². The lowest BCUT2D eigenvalue weighted by Gasteiger charge is -2.24. The number of amidine groups is 1. The Balaban J connectivity index is 2.32. The quantitative estimate of drug-likeness (QED) is 0.593. The highest BCUT2D eigenvalue weighted by atomic mass is 19.1. The Morgan fingerprint density at radius 2 is 2.31 bits per heavy atom. The monoisotopic (exact) mass is 221 g/mol. The molecule has 1 atom stereocenters. The lowest BCUT2D eigenvalue weighted by molar-refractivity contribution is 0.613. The summed E-state index contributed by atoms with van der Waals surface area (Å²) in [5, 5.41) is 7.25. The standard InChI is InChI=1S/C12H16FN3/c1-8-3-2-6-16(8)11-5-4-9(12(14)15)7-10(11)13/h4-5,7-8H,2-3,6H2,1H3,(H3,14,15). The first-order valence-corrected chi connectivity index (χ1v) is 5.50. The fourth-order valence-electron chi connectivity index (χ4n) is 2.20. The van der Waals surface area contributed by atoms with Crippen LogP contribution in [-0.4, -0.2) is 18.4 Å². The summed E-state index contributed by atoms with van der Waals surface area (Å²) in [5.74, 6) is -0.388. The molecule has 1 aromatic rings. The minimum absolute atomic E-state index is 0.0973. The molecule has 0 spiro atoms. The van der Waals surface area contributed by atoms with Crippen molar-refractivity contribution in [3.05, 3.63) is 29.6 Å². The highest BCUT2D eigenvalue weighted by Gasteiger charge is 2.22. The maximum absolute atomic E-state index is 13.8. The van der Waals surface area contributed by atoms with Gasteiger partial charge in [-0.05, 0) is 38.0 Å². The molecule has 0 bridgehead atoms.